The molecule has 3 unspecified atom stereocenters. The molecular weight excluding hydrogens is 134 g/mol. The lowest BCUT2D eigenvalue weighted by molar-refractivity contribution is 0.523. The van der Waals surface area contributed by atoms with Crippen LogP contribution < -0.4 is 5.73 Å². The summed E-state index contributed by atoms with van der Waals surface area (Å²) in [7, 11) is 0. The zero-order chi connectivity index (χ0) is 8.43. The van der Waals surface area contributed by atoms with Crippen molar-refractivity contribution in [2.75, 3.05) is 0 Å². The minimum atomic E-state index is 0.420. The maximum absolute atomic E-state index is 5.92. The zero-order valence-electron chi connectivity index (χ0n) is 7.64. The molecule has 1 fully saturated rings. The van der Waals surface area contributed by atoms with E-state index in [0.29, 0.717) is 17.9 Å². The molecule has 0 aromatic carbocycles. The van der Waals surface area contributed by atoms with Crippen molar-refractivity contribution in [3.05, 3.63) is 12.2 Å². The van der Waals surface area contributed by atoms with Gasteiger partial charge in [-0.05, 0) is 31.1 Å². The molecule has 1 aliphatic carbocycles. The Morgan fingerprint density at radius 3 is 2.55 bits per heavy atom. The van der Waals surface area contributed by atoms with Gasteiger partial charge in [-0.2, -0.15) is 0 Å². The first kappa shape index (κ1) is 8.79. The minimum absolute atomic E-state index is 0.420. The lowest BCUT2D eigenvalue weighted by Crippen LogP contribution is -2.21. The highest BCUT2D eigenvalue weighted by molar-refractivity contribution is 5.05. The Morgan fingerprint density at radius 1 is 1.55 bits per heavy atom. The molecule has 2 N–H and O–H groups in total. The van der Waals surface area contributed by atoms with Crippen LogP contribution >= 0.6 is 0 Å². The molecule has 0 saturated heterocycles. The number of hydrogen-bond acceptors (Lipinski definition) is 1. The van der Waals surface area contributed by atoms with Gasteiger partial charge in [0.1, 0.15) is 0 Å². The van der Waals surface area contributed by atoms with Gasteiger partial charge in [0.05, 0.1) is 0 Å². The van der Waals surface area contributed by atoms with Crippen LogP contribution in [0.25, 0.3) is 0 Å². The lowest BCUT2D eigenvalue weighted by Gasteiger charge is -2.10. The van der Waals surface area contributed by atoms with E-state index < -0.39 is 0 Å². The second kappa shape index (κ2) is 3.40. The molecule has 3 atom stereocenters. The molecule has 0 radical (unpaired) electrons. The molecule has 0 bridgehead atoms. The van der Waals surface area contributed by atoms with Crippen LogP contribution in [-0.2, 0) is 0 Å². The zero-order valence-corrected chi connectivity index (χ0v) is 7.64. The van der Waals surface area contributed by atoms with Crippen LogP contribution in [0.2, 0.25) is 0 Å². The van der Waals surface area contributed by atoms with Gasteiger partial charge in [-0.15, -0.1) is 0 Å². The summed E-state index contributed by atoms with van der Waals surface area (Å²) in [6.07, 6.45) is 3.53. The first-order valence-electron chi connectivity index (χ1n) is 4.58. The van der Waals surface area contributed by atoms with E-state index in [1.54, 1.807) is 0 Å². The highest BCUT2D eigenvalue weighted by Gasteiger charge is 2.29. The van der Waals surface area contributed by atoms with Crippen molar-refractivity contribution in [2.45, 2.75) is 39.2 Å². The summed E-state index contributed by atoms with van der Waals surface area (Å²) in [4.78, 5) is 0. The molecule has 1 nitrogen and oxygen atoms in total. The van der Waals surface area contributed by atoms with Gasteiger partial charge in [0.25, 0.3) is 0 Å². The largest absolute Gasteiger partial charge is 0.327 e. The van der Waals surface area contributed by atoms with Crippen LogP contribution in [0.4, 0.5) is 0 Å². The third kappa shape index (κ3) is 1.84. The standard InChI is InChI=1S/C10H19N/c1-4-7(2)9-5-8(3)10(11)6-9/h8-10H,2,4-6,11H2,1,3H3. The Hall–Kier alpha value is -0.300. The first-order chi connectivity index (χ1) is 5.15. The molecule has 1 heteroatoms. The molecule has 0 aromatic rings. The predicted octanol–water partition coefficient (Wildman–Crippen LogP) is 2.33. The van der Waals surface area contributed by atoms with Crippen molar-refractivity contribution in [3.63, 3.8) is 0 Å². The lowest BCUT2D eigenvalue weighted by atomic mass is 9.96. The van der Waals surface area contributed by atoms with Gasteiger partial charge >= 0.3 is 0 Å². The van der Waals surface area contributed by atoms with Crippen molar-refractivity contribution in [3.8, 4) is 0 Å². The number of rotatable bonds is 2. The third-order valence-electron chi connectivity index (χ3n) is 2.98. The van der Waals surface area contributed by atoms with Crippen LogP contribution in [0, 0.1) is 11.8 Å². The maximum atomic E-state index is 5.92. The molecule has 0 heterocycles. The Bertz CT molecular complexity index is 141. The Balaban J connectivity index is 2.46. The number of allylic oxidation sites excluding steroid dienone is 1. The van der Waals surface area contributed by atoms with Crippen molar-refractivity contribution < 1.29 is 0 Å². The molecule has 64 valence electrons. The third-order valence-corrected chi connectivity index (χ3v) is 2.98. The second-order valence-electron chi connectivity index (χ2n) is 3.82. The molecule has 1 rings (SSSR count). The van der Waals surface area contributed by atoms with E-state index in [0.717, 1.165) is 12.8 Å². The van der Waals surface area contributed by atoms with E-state index in [-0.39, 0.29) is 0 Å². The van der Waals surface area contributed by atoms with Crippen LogP contribution in [0.5, 0.6) is 0 Å². The number of nitrogens with two attached hydrogens (primary N) is 1. The van der Waals surface area contributed by atoms with Crippen LogP contribution in [0.1, 0.15) is 33.1 Å². The first-order valence-corrected chi connectivity index (χ1v) is 4.58. The SMILES string of the molecule is C=C(CC)C1CC(C)C(N)C1. The summed E-state index contributed by atoms with van der Waals surface area (Å²) in [5.74, 6) is 1.41. The molecule has 11 heavy (non-hydrogen) atoms. The fourth-order valence-electron chi connectivity index (χ4n) is 1.90. The fraction of sp³-hybridized carbons (Fsp3) is 0.800. The summed E-state index contributed by atoms with van der Waals surface area (Å²) < 4.78 is 0. The summed E-state index contributed by atoms with van der Waals surface area (Å²) in [5, 5.41) is 0. The van der Waals surface area contributed by atoms with Gasteiger partial charge < -0.3 is 5.73 Å². The number of hydrogen-bond donors (Lipinski definition) is 1. The van der Waals surface area contributed by atoms with Crippen molar-refractivity contribution in [1.29, 1.82) is 0 Å². The molecule has 0 aromatic heterocycles. The van der Waals surface area contributed by atoms with Gasteiger partial charge in [-0.3, -0.25) is 0 Å². The molecule has 0 spiro atoms. The van der Waals surface area contributed by atoms with E-state index in [1.165, 1.54) is 12.0 Å². The van der Waals surface area contributed by atoms with E-state index in [4.69, 9.17) is 5.73 Å². The summed E-state index contributed by atoms with van der Waals surface area (Å²) in [5.41, 5.74) is 7.31. The van der Waals surface area contributed by atoms with Gasteiger partial charge in [-0.25, -0.2) is 0 Å². The highest BCUT2D eigenvalue weighted by atomic mass is 14.7. The van der Waals surface area contributed by atoms with E-state index >= 15 is 0 Å². The van der Waals surface area contributed by atoms with Crippen molar-refractivity contribution in [2.24, 2.45) is 17.6 Å². The topological polar surface area (TPSA) is 26.0 Å². The van der Waals surface area contributed by atoms with Gasteiger partial charge in [0, 0.05) is 6.04 Å². The predicted molar refractivity (Wildman–Crippen MR) is 49.3 cm³/mol. The molecule has 0 aliphatic heterocycles. The monoisotopic (exact) mass is 153 g/mol. The summed E-state index contributed by atoms with van der Waals surface area (Å²) in [6.45, 7) is 8.49. The van der Waals surface area contributed by atoms with Crippen LogP contribution in [-0.4, -0.2) is 6.04 Å². The smallest absolute Gasteiger partial charge is 0.00704 e. The minimum Gasteiger partial charge on any atom is -0.327 e. The van der Waals surface area contributed by atoms with Crippen molar-refractivity contribution >= 4 is 0 Å². The summed E-state index contributed by atoms with van der Waals surface area (Å²) >= 11 is 0. The maximum Gasteiger partial charge on any atom is 0.00704 e. The molecule has 1 aliphatic rings. The summed E-state index contributed by atoms with van der Waals surface area (Å²) in [6, 6.07) is 0.420. The van der Waals surface area contributed by atoms with Gasteiger partial charge in [0.2, 0.25) is 0 Å². The van der Waals surface area contributed by atoms with E-state index in [1.807, 2.05) is 0 Å². The molecular formula is C10H19N. The van der Waals surface area contributed by atoms with Crippen LogP contribution in [0.3, 0.4) is 0 Å². The average Bonchev–Trinajstić information content (AvgIpc) is 2.31. The van der Waals surface area contributed by atoms with E-state index in [2.05, 4.69) is 20.4 Å². The molecule has 0 amide bonds. The Morgan fingerprint density at radius 2 is 2.18 bits per heavy atom. The van der Waals surface area contributed by atoms with Gasteiger partial charge in [-0.1, -0.05) is 26.0 Å². The fourth-order valence-corrected chi connectivity index (χ4v) is 1.90. The Kier molecular flexibility index (Phi) is 2.72. The van der Waals surface area contributed by atoms with Crippen molar-refractivity contribution in [1.82, 2.24) is 0 Å². The second-order valence-corrected chi connectivity index (χ2v) is 3.82. The Labute approximate surface area is 69.7 Å². The van der Waals surface area contributed by atoms with Crippen LogP contribution in [0.15, 0.2) is 12.2 Å². The molecule has 1 saturated carbocycles. The van der Waals surface area contributed by atoms with E-state index in [9.17, 15) is 0 Å². The highest BCUT2D eigenvalue weighted by Crippen LogP contribution is 2.34. The normalized spacial score (nSPS) is 37.5. The average molecular weight is 153 g/mol. The quantitative estimate of drug-likeness (QED) is 0.605. The van der Waals surface area contributed by atoms with Gasteiger partial charge in [0.15, 0.2) is 0 Å².